The van der Waals surface area contributed by atoms with Gasteiger partial charge in [0.05, 0.1) is 11.7 Å². The SMILES string of the molecule is C=C1CC[C@H](OCCCN)C/C1=C/C=C1\CCC[C@@]2(C)C1CC[C@@H]2C(C)CCCC(C)(C)O. The van der Waals surface area contributed by atoms with Crippen molar-refractivity contribution in [1.82, 2.24) is 0 Å². The molecule has 0 aliphatic heterocycles. The first-order chi connectivity index (χ1) is 15.6. The molecule has 3 fully saturated rings. The van der Waals surface area contributed by atoms with Crippen LogP contribution in [-0.4, -0.2) is 30.0 Å². The Hall–Kier alpha value is -0.900. The van der Waals surface area contributed by atoms with E-state index < -0.39 is 5.60 Å². The minimum absolute atomic E-state index is 0.323. The van der Waals surface area contributed by atoms with Gasteiger partial charge in [0.2, 0.25) is 0 Å². The van der Waals surface area contributed by atoms with Crippen molar-refractivity contribution in [3.05, 3.63) is 35.5 Å². The van der Waals surface area contributed by atoms with Gasteiger partial charge in [-0.2, -0.15) is 0 Å². The van der Waals surface area contributed by atoms with Gasteiger partial charge in [-0.25, -0.2) is 0 Å². The van der Waals surface area contributed by atoms with E-state index in [2.05, 4.69) is 32.6 Å². The van der Waals surface area contributed by atoms with E-state index in [4.69, 9.17) is 10.5 Å². The van der Waals surface area contributed by atoms with E-state index in [1.165, 1.54) is 49.7 Å². The monoisotopic (exact) mass is 457 g/mol. The Morgan fingerprint density at radius 1 is 1.21 bits per heavy atom. The first-order valence-corrected chi connectivity index (χ1v) is 13.8. The molecule has 0 radical (unpaired) electrons. The quantitative estimate of drug-likeness (QED) is 0.344. The highest BCUT2D eigenvalue weighted by molar-refractivity contribution is 5.36. The van der Waals surface area contributed by atoms with Crippen LogP contribution in [0.1, 0.15) is 105 Å². The molecule has 3 nitrogen and oxygen atoms in total. The molecular weight excluding hydrogens is 406 g/mol. The second kappa shape index (κ2) is 11.7. The molecule has 0 spiro atoms. The number of fused-ring (bicyclic) bond motifs is 1. The Kier molecular flexibility index (Phi) is 9.46. The van der Waals surface area contributed by atoms with Gasteiger partial charge in [-0.1, -0.05) is 56.6 Å². The number of rotatable bonds is 10. The standard InChI is InChI=1S/C30H51NO2/c1-22-11-14-26(33-20-8-19-31)21-25(22)13-12-24-10-7-18-30(5)27(15-16-28(24)30)23(2)9-6-17-29(3,4)32/h12-13,23,26-28,32H,1,6-11,14-21,31H2,2-5H3/b24-12+,25-13-/t23?,26-,27+,28?,30+/m0/s1. The number of nitrogens with two attached hydrogens (primary N) is 1. The first kappa shape index (κ1) is 26.7. The molecule has 3 aliphatic carbocycles. The average molecular weight is 458 g/mol. The van der Waals surface area contributed by atoms with Crippen molar-refractivity contribution >= 4 is 0 Å². The van der Waals surface area contributed by atoms with Gasteiger partial charge in [0.1, 0.15) is 0 Å². The highest BCUT2D eigenvalue weighted by Gasteiger charge is 2.50. The zero-order valence-corrected chi connectivity index (χ0v) is 22.0. The molecule has 0 aromatic carbocycles. The van der Waals surface area contributed by atoms with Crippen LogP contribution in [0.25, 0.3) is 0 Å². The lowest BCUT2D eigenvalue weighted by atomic mass is 9.60. The van der Waals surface area contributed by atoms with Crippen LogP contribution >= 0.6 is 0 Å². The van der Waals surface area contributed by atoms with Gasteiger partial charge in [0.15, 0.2) is 0 Å². The maximum atomic E-state index is 10.1. The summed E-state index contributed by atoms with van der Waals surface area (Å²) in [6, 6.07) is 0. The van der Waals surface area contributed by atoms with Crippen molar-refractivity contribution < 1.29 is 9.84 Å². The van der Waals surface area contributed by atoms with E-state index in [1.54, 1.807) is 5.57 Å². The van der Waals surface area contributed by atoms with Gasteiger partial charge in [0, 0.05) is 6.61 Å². The highest BCUT2D eigenvalue weighted by atomic mass is 16.5. The van der Waals surface area contributed by atoms with Crippen molar-refractivity contribution in [2.24, 2.45) is 28.9 Å². The Morgan fingerprint density at radius 2 is 2.00 bits per heavy atom. The molecule has 5 atom stereocenters. The Labute approximate surface area is 203 Å². The molecule has 33 heavy (non-hydrogen) atoms. The summed E-state index contributed by atoms with van der Waals surface area (Å²) in [5.74, 6) is 2.29. The molecule has 3 aliphatic rings. The van der Waals surface area contributed by atoms with Crippen molar-refractivity contribution in [2.75, 3.05) is 13.2 Å². The van der Waals surface area contributed by atoms with Crippen LogP contribution in [0.5, 0.6) is 0 Å². The van der Waals surface area contributed by atoms with E-state index >= 15 is 0 Å². The third-order valence-electron chi connectivity index (χ3n) is 9.04. The summed E-state index contributed by atoms with van der Waals surface area (Å²) < 4.78 is 6.07. The second-order valence-electron chi connectivity index (χ2n) is 12.2. The van der Waals surface area contributed by atoms with Gasteiger partial charge in [-0.3, -0.25) is 0 Å². The fraction of sp³-hybridized carbons (Fsp3) is 0.800. The first-order valence-electron chi connectivity index (χ1n) is 13.8. The molecule has 3 heteroatoms. The lowest BCUT2D eigenvalue weighted by Crippen LogP contribution is -2.36. The lowest BCUT2D eigenvalue weighted by molar-refractivity contribution is 0.0435. The van der Waals surface area contributed by atoms with Gasteiger partial charge in [-0.05, 0) is 113 Å². The third-order valence-corrected chi connectivity index (χ3v) is 9.04. The van der Waals surface area contributed by atoms with Crippen molar-refractivity contribution in [3.8, 4) is 0 Å². The molecular formula is C30H51NO2. The van der Waals surface area contributed by atoms with Crippen LogP contribution in [0.15, 0.2) is 35.5 Å². The maximum Gasteiger partial charge on any atom is 0.0618 e. The molecule has 0 amide bonds. The zero-order valence-electron chi connectivity index (χ0n) is 22.0. The Bertz CT molecular complexity index is 715. The second-order valence-corrected chi connectivity index (χ2v) is 12.2. The van der Waals surface area contributed by atoms with Gasteiger partial charge in [0.25, 0.3) is 0 Å². The minimum atomic E-state index is -0.534. The zero-order chi connectivity index (χ0) is 24.1. The highest BCUT2D eigenvalue weighted by Crippen LogP contribution is 2.60. The third kappa shape index (κ3) is 7.05. The van der Waals surface area contributed by atoms with Crippen LogP contribution < -0.4 is 5.73 Å². The smallest absolute Gasteiger partial charge is 0.0618 e. The molecule has 2 unspecified atom stereocenters. The Balaban J connectivity index is 1.64. The molecule has 0 aromatic heterocycles. The molecule has 3 N–H and O–H groups in total. The number of aliphatic hydroxyl groups is 1. The average Bonchev–Trinajstić information content (AvgIpc) is 3.10. The summed E-state index contributed by atoms with van der Waals surface area (Å²) in [7, 11) is 0. The van der Waals surface area contributed by atoms with Crippen LogP contribution in [0.2, 0.25) is 0 Å². The summed E-state index contributed by atoms with van der Waals surface area (Å²) in [6.07, 6.45) is 19.2. The molecule has 0 saturated heterocycles. The van der Waals surface area contributed by atoms with Crippen LogP contribution in [-0.2, 0) is 4.74 Å². The Morgan fingerprint density at radius 3 is 2.73 bits per heavy atom. The topological polar surface area (TPSA) is 55.5 Å². The molecule has 0 bridgehead atoms. The fourth-order valence-corrected chi connectivity index (χ4v) is 7.13. The van der Waals surface area contributed by atoms with Gasteiger partial charge >= 0.3 is 0 Å². The van der Waals surface area contributed by atoms with E-state index in [0.29, 0.717) is 18.1 Å². The maximum absolute atomic E-state index is 10.1. The normalized spacial score (nSPS) is 34.1. The van der Waals surface area contributed by atoms with Crippen LogP contribution in [0, 0.1) is 23.2 Å². The van der Waals surface area contributed by atoms with E-state index in [9.17, 15) is 5.11 Å². The summed E-state index contributed by atoms with van der Waals surface area (Å²) >= 11 is 0. The lowest BCUT2D eigenvalue weighted by Gasteiger charge is -2.44. The van der Waals surface area contributed by atoms with Gasteiger partial charge in [-0.15, -0.1) is 0 Å². The van der Waals surface area contributed by atoms with Crippen LogP contribution in [0.4, 0.5) is 0 Å². The summed E-state index contributed by atoms with van der Waals surface area (Å²) in [5.41, 5.74) is 9.91. The van der Waals surface area contributed by atoms with E-state index in [1.807, 2.05) is 13.8 Å². The number of hydrogen-bond donors (Lipinski definition) is 2. The van der Waals surface area contributed by atoms with Crippen LogP contribution in [0.3, 0.4) is 0 Å². The van der Waals surface area contributed by atoms with Gasteiger partial charge < -0.3 is 15.6 Å². The number of allylic oxidation sites excluding steroid dienone is 4. The summed E-state index contributed by atoms with van der Waals surface area (Å²) in [6.45, 7) is 14.8. The molecule has 0 aromatic rings. The predicted octanol–water partition coefficient (Wildman–Crippen LogP) is 7.11. The molecule has 0 heterocycles. The van der Waals surface area contributed by atoms with E-state index in [0.717, 1.165) is 62.9 Å². The minimum Gasteiger partial charge on any atom is -0.390 e. The fourth-order valence-electron chi connectivity index (χ4n) is 7.13. The van der Waals surface area contributed by atoms with Crippen molar-refractivity contribution in [1.29, 1.82) is 0 Å². The summed E-state index contributed by atoms with van der Waals surface area (Å²) in [4.78, 5) is 0. The van der Waals surface area contributed by atoms with Crippen molar-refractivity contribution in [2.45, 2.75) is 116 Å². The molecule has 3 saturated carbocycles. The molecule has 3 rings (SSSR count). The largest absolute Gasteiger partial charge is 0.390 e. The van der Waals surface area contributed by atoms with E-state index in [-0.39, 0.29) is 0 Å². The van der Waals surface area contributed by atoms with Crippen molar-refractivity contribution in [3.63, 3.8) is 0 Å². The summed E-state index contributed by atoms with van der Waals surface area (Å²) in [5, 5.41) is 10.1. The molecule has 188 valence electrons. The number of ether oxygens (including phenoxy) is 1. The number of hydrogen-bond acceptors (Lipinski definition) is 3. The predicted molar refractivity (Wildman–Crippen MR) is 140 cm³/mol.